The molecule has 0 amide bonds. The monoisotopic (exact) mass is 276 g/mol. The van der Waals surface area contributed by atoms with Crippen LogP contribution in [-0.4, -0.2) is 18.9 Å². The lowest BCUT2D eigenvalue weighted by Crippen LogP contribution is -2.27. The Morgan fingerprint density at radius 1 is 0.750 bits per heavy atom. The molecule has 0 spiro atoms. The van der Waals surface area contributed by atoms with Crippen LogP contribution in [0.1, 0.15) is 83.5 Å². The summed E-state index contributed by atoms with van der Waals surface area (Å²) in [6.07, 6.45) is 20.0. The van der Waals surface area contributed by atoms with Crippen LogP contribution >= 0.6 is 0 Å². The van der Waals surface area contributed by atoms with E-state index in [1.165, 1.54) is 94.9 Å². The van der Waals surface area contributed by atoms with Crippen LogP contribution in [0.4, 0.5) is 0 Å². The largest absolute Gasteiger partial charge is 0.370 e. The molecular weight excluding hydrogens is 244 g/mol. The number of hydrogen-bond acceptors (Lipinski definition) is 2. The first-order valence-electron chi connectivity index (χ1n) is 8.94. The third-order valence-corrected chi connectivity index (χ3v) is 4.49. The third-order valence-electron chi connectivity index (χ3n) is 4.49. The Balaban J connectivity index is 1.98. The standard InChI is InChI=1S/C18H32N2/c1-2-5-9-13-17(14-10-6-3-1)18-19-15-11-7-4-8-12-16-20-18/h13H,1-12,14-16H2,(H,19,20). The second-order valence-corrected chi connectivity index (χ2v) is 6.31. The first-order chi connectivity index (χ1) is 9.97. The van der Waals surface area contributed by atoms with Gasteiger partial charge in [0, 0.05) is 13.1 Å². The Labute approximate surface area is 125 Å². The van der Waals surface area contributed by atoms with E-state index in [0.29, 0.717) is 0 Å². The van der Waals surface area contributed by atoms with Crippen molar-refractivity contribution in [3.8, 4) is 0 Å². The summed E-state index contributed by atoms with van der Waals surface area (Å²) in [7, 11) is 0. The van der Waals surface area contributed by atoms with Gasteiger partial charge in [-0.2, -0.15) is 0 Å². The summed E-state index contributed by atoms with van der Waals surface area (Å²) >= 11 is 0. The van der Waals surface area contributed by atoms with Crippen molar-refractivity contribution in [3.05, 3.63) is 11.6 Å². The molecule has 1 heterocycles. The lowest BCUT2D eigenvalue weighted by atomic mass is 9.99. The van der Waals surface area contributed by atoms with Gasteiger partial charge < -0.3 is 5.32 Å². The van der Waals surface area contributed by atoms with E-state index >= 15 is 0 Å². The Morgan fingerprint density at radius 3 is 2.35 bits per heavy atom. The van der Waals surface area contributed by atoms with E-state index in [1.54, 1.807) is 0 Å². The third kappa shape index (κ3) is 6.11. The van der Waals surface area contributed by atoms with Crippen molar-refractivity contribution in [3.63, 3.8) is 0 Å². The maximum absolute atomic E-state index is 4.87. The minimum absolute atomic E-state index is 1.01. The molecule has 0 fully saturated rings. The molecule has 0 atom stereocenters. The Morgan fingerprint density at radius 2 is 1.45 bits per heavy atom. The van der Waals surface area contributed by atoms with Crippen molar-refractivity contribution < 1.29 is 0 Å². The van der Waals surface area contributed by atoms with Crippen LogP contribution in [0.2, 0.25) is 0 Å². The quantitative estimate of drug-likeness (QED) is 0.716. The molecule has 0 aromatic carbocycles. The van der Waals surface area contributed by atoms with Gasteiger partial charge in [0.15, 0.2) is 0 Å². The summed E-state index contributed by atoms with van der Waals surface area (Å²) in [4.78, 5) is 4.87. The SMILES string of the molecule is C1=C(C2=NCCCCCCCN2)CCCCCCCC1. The number of hydrogen-bond donors (Lipinski definition) is 1. The fourth-order valence-corrected chi connectivity index (χ4v) is 3.20. The van der Waals surface area contributed by atoms with Gasteiger partial charge in [-0.1, -0.05) is 51.0 Å². The van der Waals surface area contributed by atoms with E-state index in [9.17, 15) is 0 Å². The van der Waals surface area contributed by atoms with Crippen LogP contribution in [0.5, 0.6) is 0 Å². The molecule has 2 heteroatoms. The normalized spacial score (nSPS) is 24.0. The van der Waals surface area contributed by atoms with Crippen LogP contribution in [0.3, 0.4) is 0 Å². The predicted molar refractivity (Wildman–Crippen MR) is 88.4 cm³/mol. The zero-order valence-corrected chi connectivity index (χ0v) is 13.1. The number of allylic oxidation sites excluding steroid dienone is 1. The lowest BCUT2D eigenvalue weighted by molar-refractivity contribution is 0.584. The molecule has 0 aromatic heterocycles. The molecule has 0 saturated heterocycles. The van der Waals surface area contributed by atoms with Crippen molar-refractivity contribution in [1.82, 2.24) is 5.32 Å². The predicted octanol–water partition coefficient (Wildman–Crippen LogP) is 5.00. The molecule has 0 aromatic rings. The van der Waals surface area contributed by atoms with E-state index in [2.05, 4.69) is 11.4 Å². The summed E-state index contributed by atoms with van der Waals surface area (Å²) in [5.74, 6) is 1.23. The van der Waals surface area contributed by atoms with Gasteiger partial charge in [0.2, 0.25) is 0 Å². The molecule has 20 heavy (non-hydrogen) atoms. The molecular formula is C18H32N2. The highest BCUT2D eigenvalue weighted by atomic mass is 15.0. The highest BCUT2D eigenvalue weighted by molar-refractivity contribution is 5.98. The smallest absolute Gasteiger partial charge is 0.123 e. The minimum Gasteiger partial charge on any atom is -0.370 e. The van der Waals surface area contributed by atoms with Crippen molar-refractivity contribution in [1.29, 1.82) is 0 Å². The zero-order chi connectivity index (χ0) is 13.9. The van der Waals surface area contributed by atoms with Crippen molar-refractivity contribution >= 4 is 5.84 Å². The number of nitrogens with one attached hydrogen (secondary N) is 1. The molecule has 2 aliphatic rings. The van der Waals surface area contributed by atoms with E-state index < -0.39 is 0 Å². The van der Waals surface area contributed by atoms with Gasteiger partial charge in [0.1, 0.15) is 5.84 Å². The van der Waals surface area contributed by atoms with Crippen LogP contribution < -0.4 is 5.32 Å². The van der Waals surface area contributed by atoms with Gasteiger partial charge >= 0.3 is 0 Å². The lowest BCUT2D eigenvalue weighted by Gasteiger charge is -2.16. The first-order valence-corrected chi connectivity index (χ1v) is 8.94. The Bertz CT molecular complexity index is 285. The van der Waals surface area contributed by atoms with Gasteiger partial charge in [-0.25, -0.2) is 0 Å². The second kappa shape index (κ2) is 10.0. The molecule has 2 rings (SSSR count). The number of aliphatic imine (C=N–C) groups is 1. The van der Waals surface area contributed by atoms with Crippen molar-refractivity contribution in [2.24, 2.45) is 4.99 Å². The molecule has 0 radical (unpaired) electrons. The summed E-state index contributed by atoms with van der Waals surface area (Å²) < 4.78 is 0. The van der Waals surface area contributed by atoms with Crippen molar-refractivity contribution in [2.75, 3.05) is 13.1 Å². The highest BCUT2D eigenvalue weighted by Gasteiger charge is 2.09. The highest BCUT2D eigenvalue weighted by Crippen LogP contribution is 2.18. The van der Waals surface area contributed by atoms with Crippen LogP contribution in [0.15, 0.2) is 16.6 Å². The van der Waals surface area contributed by atoms with E-state index in [0.717, 1.165) is 13.1 Å². The van der Waals surface area contributed by atoms with Crippen LogP contribution in [-0.2, 0) is 0 Å². The fraction of sp³-hybridized carbons (Fsp3) is 0.833. The maximum atomic E-state index is 4.87. The molecule has 2 nitrogen and oxygen atoms in total. The average molecular weight is 276 g/mol. The minimum atomic E-state index is 1.01. The topological polar surface area (TPSA) is 24.4 Å². The maximum Gasteiger partial charge on any atom is 0.123 e. The van der Waals surface area contributed by atoms with Gasteiger partial charge in [-0.15, -0.1) is 0 Å². The number of rotatable bonds is 1. The van der Waals surface area contributed by atoms with Gasteiger partial charge in [0.05, 0.1) is 0 Å². The summed E-state index contributed by atoms with van der Waals surface area (Å²) in [6.45, 7) is 2.12. The van der Waals surface area contributed by atoms with Gasteiger partial charge in [-0.05, 0) is 44.1 Å². The van der Waals surface area contributed by atoms with Gasteiger partial charge in [-0.3, -0.25) is 4.99 Å². The van der Waals surface area contributed by atoms with Crippen LogP contribution in [0, 0.1) is 0 Å². The molecule has 0 unspecified atom stereocenters. The van der Waals surface area contributed by atoms with E-state index in [1.807, 2.05) is 0 Å². The van der Waals surface area contributed by atoms with Gasteiger partial charge in [0.25, 0.3) is 0 Å². The summed E-state index contributed by atoms with van der Waals surface area (Å²) in [6, 6.07) is 0. The van der Waals surface area contributed by atoms with Crippen molar-refractivity contribution in [2.45, 2.75) is 83.5 Å². The first kappa shape index (κ1) is 15.6. The van der Waals surface area contributed by atoms with Crippen LogP contribution in [0.25, 0.3) is 0 Å². The Hall–Kier alpha value is -0.790. The zero-order valence-electron chi connectivity index (χ0n) is 13.1. The molecule has 114 valence electrons. The summed E-state index contributed by atoms with van der Waals surface area (Å²) in [5, 5.41) is 3.63. The molecule has 1 aliphatic carbocycles. The molecule has 0 saturated carbocycles. The second-order valence-electron chi connectivity index (χ2n) is 6.31. The average Bonchev–Trinajstić information content (AvgIpc) is 2.50. The van der Waals surface area contributed by atoms with E-state index in [-0.39, 0.29) is 0 Å². The number of nitrogens with zero attached hydrogens (tertiary/aromatic N) is 1. The Kier molecular flexibility index (Phi) is 7.81. The number of amidine groups is 1. The fourth-order valence-electron chi connectivity index (χ4n) is 3.20. The molecule has 0 bridgehead atoms. The molecule has 1 aliphatic heterocycles. The molecule has 1 N–H and O–H groups in total. The summed E-state index contributed by atoms with van der Waals surface area (Å²) in [5.41, 5.74) is 1.51. The van der Waals surface area contributed by atoms with E-state index in [4.69, 9.17) is 4.99 Å².